The van der Waals surface area contributed by atoms with E-state index < -0.39 is 6.17 Å². The molecule has 186 valence electrons. The van der Waals surface area contributed by atoms with E-state index in [9.17, 15) is 4.39 Å². The van der Waals surface area contributed by atoms with Gasteiger partial charge in [0.1, 0.15) is 6.17 Å². The molecule has 2 heterocycles. The van der Waals surface area contributed by atoms with Gasteiger partial charge in [-0.15, -0.1) is 12.4 Å². The molecule has 3 unspecified atom stereocenters. The van der Waals surface area contributed by atoms with Crippen molar-refractivity contribution >= 4 is 0 Å². The van der Waals surface area contributed by atoms with Gasteiger partial charge in [-0.05, 0) is 55.6 Å². The molecule has 36 heavy (non-hydrogen) atoms. The van der Waals surface area contributed by atoms with E-state index in [0.717, 1.165) is 37.2 Å². The molecule has 1 saturated heterocycles. The molecule has 1 aliphatic rings. The summed E-state index contributed by atoms with van der Waals surface area (Å²) in [6, 6.07) is 18.9. The zero-order valence-electron chi connectivity index (χ0n) is 21.6. The van der Waals surface area contributed by atoms with Crippen molar-refractivity contribution in [2.45, 2.75) is 51.0 Å². The van der Waals surface area contributed by atoms with Gasteiger partial charge in [-0.1, -0.05) is 67.8 Å². The molecule has 0 bridgehead atoms. The van der Waals surface area contributed by atoms with E-state index in [1.54, 1.807) is 12.4 Å². The molecule has 1 aliphatic heterocycles. The van der Waals surface area contributed by atoms with Gasteiger partial charge in [0.25, 0.3) is 0 Å². The third kappa shape index (κ3) is 9.25. The second kappa shape index (κ2) is 15.7. The fraction of sp³-hybridized carbons (Fsp3) is 0.345. The zero-order valence-corrected chi connectivity index (χ0v) is 23.6. The van der Waals surface area contributed by atoms with Gasteiger partial charge in [-0.3, -0.25) is 0 Å². The van der Waals surface area contributed by atoms with Gasteiger partial charge in [-0.2, -0.15) is 0 Å². The molecule has 7 heteroatoms. The van der Waals surface area contributed by atoms with Crippen molar-refractivity contribution in [3.05, 3.63) is 115 Å². The molecule has 0 amide bonds. The molecule has 5 nitrogen and oxygen atoms in total. The second-order valence-electron chi connectivity index (χ2n) is 8.89. The first-order valence-electron chi connectivity index (χ1n) is 12.2. The predicted molar refractivity (Wildman–Crippen MR) is 141 cm³/mol. The Kier molecular flexibility index (Phi) is 13.0. The van der Waals surface area contributed by atoms with Crippen LogP contribution in [0.1, 0.15) is 55.0 Å². The maximum Gasteiger partial charge on any atom is 1.00 e. The molecule has 3 atom stereocenters. The molecule has 0 radical (unpaired) electrons. The molecule has 3 N–H and O–H groups in total. The van der Waals surface area contributed by atoms with Crippen LogP contribution in [0, 0.1) is 6.33 Å². The third-order valence-corrected chi connectivity index (χ3v) is 6.16. The Morgan fingerprint density at radius 1 is 1.19 bits per heavy atom. The molecule has 4 rings (SSSR count). The first-order chi connectivity index (χ1) is 17.0. The number of nitrogens with zero attached hydrogens (tertiary/aromatic N) is 3. The molecule has 1 aromatic heterocycles. The van der Waals surface area contributed by atoms with E-state index in [-0.39, 0.29) is 41.6 Å². The Morgan fingerprint density at radius 2 is 1.86 bits per heavy atom. The quantitative estimate of drug-likeness (QED) is 0.334. The summed E-state index contributed by atoms with van der Waals surface area (Å²) < 4.78 is 14.9. The van der Waals surface area contributed by atoms with Crippen LogP contribution in [0.15, 0.2) is 92.0 Å². The number of allylic oxidation sites excluding steroid dienone is 1. The van der Waals surface area contributed by atoms with Crippen molar-refractivity contribution in [3.63, 3.8) is 0 Å². The predicted octanol–water partition coefficient (Wildman–Crippen LogP) is 2.55. The normalized spacial score (nSPS) is 16.2. The van der Waals surface area contributed by atoms with E-state index in [1.807, 2.05) is 35.9 Å². The Bertz CT molecular complexity index is 1020. The molecule has 0 saturated carbocycles. The molecule has 0 spiro atoms. The minimum absolute atomic E-state index is 0. The van der Waals surface area contributed by atoms with Crippen molar-refractivity contribution < 1.29 is 33.9 Å². The van der Waals surface area contributed by atoms with Gasteiger partial charge in [0.15, 0.2) is 0 Å². The first-order valence-corrected chi connectivity index (χ1v) is 12.2. The molecule has 0 aliphatic carbocycles. The standard InChI is InChI=1S/C17H20N2.C12H17FN3.Na/c1-3-19-17(15-7-5-4-6-8-15)16-11-9-14(10-12-16)13(2)18;1-11(16-7-4-12(13)9-16)3-2-6-15-8-5-14-10-15;/h3-13,17,19H,1,18H2,2H3;5,8,12H,1-4,6-7,9H2;/q;-1;+1. The fourth-order valence-electron chi connectivity index (χ4n) is 4.14. The Balaban J connectivity index is 0.000000250. The zero-order chi connectivity index (χ0) is 25.0. The van der Waals surface area contributed by atoms with Crippen LogP contribution in [-0.2, 0) is 6.54 Å². The minimum atomic E-state index is -0.668. The summed E-state index contributed by atoms with van der Waals surface area (Å²) in [6.45, 7) is 12.0. The summed E-state index contributed by atoms with van der Waals surface area (Å²) >= 11 is 0. The van der Waals surface area contributed by atoms with E-state index >= 15 is 0 Å². The summed E-state index contributed by atoms with van der Waals surface area (Å²) in [6.07, 6.45) is 10.1. The summed E-state index contributed by atoms with van der Waals surface area (Å²) in [5, 5.41) is 3.30. The number of aryl methyl sites for hydroxylation is 1. The SMILES string of the molecule is C=C(CCCn1[c-]ncc1)N1CCC(F)C1.C=CNC(c1ccccc1)c1ccc(C(C)N)cc1.[Na+]. The molecular weight excluding hydrogens is 460 g/mol. The van der Waals surface area contributed by atoms with E-state index in [1.165, 1.54) is 11.1 Å². The van der Waals surface area contributed by atoms with Gasteiger partial charge >= 0.3 is 29.6 Å². The number of aromatic nitrogens is 2. The van der Waals surface area contributed by atoms with Crippen LogP contribution >= 0.6 is 0 Å². The smallest absolute Gasteiger partial charge is 0.454 e. The van der Waals surface area contributed by atoms with Crippen LogP contribution in [0.3, 0.4) is 0 Å². The van der Waals surface area contributed by atoms with Gasteiger partial charge < -0.3 is 25.5 Å². The average Bonchev–Trinajstić information content (AvgIpc) is 3.55. The van der Waals surface area contributed by atoms with Crippen LogP contribution in [0.25, 0.3) is 0 Å². The second-order valence-corrected chi connectivity index (χ2v) is 8.89. The van der Waals surface area contributed by atoms with Gasteiger partial charge in [-0.25, -0.2) is 4.39 Å². The van der Waals surface area contributed by atoms with Crippen molar-refractivity contribution in [2.75, 3.05) is 13.1 Å². The largest absolute Gasteiger partial charge is 1.00 e. The summed E-state index contributed by atoms with van der Waals surface area (Å²) in [5.74, 6) is 0. The molecule has 2 aromatic carbocycles. The number of halogens is 1. The van der Waals surface area contributed by atoms with Gasteiger partial charge in [0.05, 0.1) is 6.04 Å². The summed E-state index contributed by atoms with van der Waals surface area (Å²) in [5.41, 5.74) is 10.5. The summed E-state index contributed by atoms with van der Waals surface area (Å²) in [4.78, 5) is 5.92. The van der Waals surface area contributed by atoms with Gasteiger partial charge in [0.2, 0.25) is 0 Å². The number of likely N-dealkylation sites (tertiary alicyclic amines) is 1. The van der Waals surface area contributed by atoms with Crippen molar-refractivity contribution in [2.24, 2.45) is 5.73 Å². The average molecular weight is 498 g/mol. The number of benzene rings is 2. The van der Waals surface area contributed by atoms with Crippen LogP contribution in [0.4, 0.5) is 4.39 Å². The Morgan fingerprint density at radius 3 is 2.42 bits per heavy atom. The molecule has 3 aromatic rings. The molecule has 1 fully saturated rings. The Labute approximate surface area is 237 Å². The monoisotopic (exact) mass is 497 g/mol. The third-order valence-electron chi connectivity index (χ3n) is 6.16. The molecular formula is C29H37FN5Na. The number of hydrogen-bond donors (Lipinski definition) is 2. The maximum atomic E-state index is 13.0. The van der Waals surface area contributed by atoms with E-state index in [2.05, 4.69) is 71.1 Å². The number of hydrogen-bond acceptors (Lipinski definition) is 4. The topological polar surface area (TPSA) is 59.1 Å². The van der Waals surface area contributed by atoms with Crippen molar-refractivity contribution in [3.8, 4) is 0 Å². The van der Waals surface area contributed by atoms with Crippen LogP contribution in [0.2, 0.25) is 0 Å². The number of nitrogens with one attached hydrogen (secondary N) is 1. The number of nitrogens with two attached hydrogens (primary N) is 1. The van der Waals surface area contributed by atoms with E-state index in [0.29, 0.717) is 13.0 Å². The Hall–Kier alpha value is -2.38. The van der Waals surface area contributed by atoms with Crippen LogP contribution < -0.4 is 40.6 Å². The van der Waals surface area contributed by atoms with Crippen LogP contribution in [-0.4, -0.2) is 33.7 Å². The minimum Gasteiger partial charge on any atom is -0.454 e. The first kappa shape index (κ1) is 29.8. The number of alkyl halides is 1. The number of imidazole rings is 1. The van der Waals surface area contributed by atoms with E-state index in [4.69, 9.17) is 5.73 Å². The summed E-state index contributed by atoms with van der Waals surface area (Å²) in [7, 11) is 0. The number of rotatable bonds is 10. The van der Waals surface area contributed by atoms with Crippen molar-refractivity contribution in [1.29, 1.82) is 0 Å². The van der Waals surface area contributed by atoms with Crippen molar-refractivity contribution in [1.82, 2.24) is 19.8 Å². The van der Waals surface area contributed by atoms with Gasteiger partial charge in [0, 0.05) is 31.2 Å². The maximum absolute atomic E-state index is 13.0. The van der Waals surface area contributed by atoms with Crippen LogP contribution in [0.5, 0.6) is 0 Å². The fourth-order valence-corrected chi connectivity index (χ4v) is 4.14.